The highest BCUT2D eigenvalue weighted by atomic mass is 16.5. The summed E-state index contributed by atoms with van der Waals surface area (Å²) in [6, 6.07) is 4.69. The Morgan fingerprint density at radius 2 is 1.74 bits per heavy atom. The lowest BCUT2D eigenvalue weighted by Crippen LogP contribution is -2.36. The lowest BCUT2D eigenvalue weighted by Gasteiger charge is -2.27. The Bertz CT molecular complexity index is 429. The third kappa shape index (κ3) is 4.35. The van der Waals surface area contributed by atoms with Crippen molar-refractivity contribution >= 4 is 5.97 Å². The molecule has 0 unspecified atom stereocenters. The van der Waals surface area contributed by atoms with Crippen LogP contribution < -0.4 is 0 Å². The van der Waals surface area contributed by atoms with Crippen molar-refractivity contribution in [2.24, 2.45) is 0 Å². The first-order chi connectivity index (χ1) is 8.85. The van der Waals surface area contributed by atoms with Gasteiger partial charge >= 0.3 is 5.97 Å². The molecule has 0 heterocycles. The molecule has 0 aliphatic carbocycles. The molecule has 0 amide bonds. The van der Waals surface area contributed by atoms with Crippen molar-refractivity contribution in [3.05, 3.63) is 34.4 Å². The largest absolute Gasteiger partial charge is 0.468 e. The van der Waals surface area contributed by atoms with Crippen LogP contribution in [0.2, 0.25) is 0 Å². The molecule has 0 fully saturated rings. The van der Waals surface area contributed by atoms with Gasteiger partial charge in [0.1, 0.15) is 0 Å². The van der Waals surface area contributed by atoms with E-state index in [1.807, 2.05) is 0 Å². The number of benzene rings is 1. The minimum Gasteiger partial charge on any atom is -0.468 e. The summed E-state index contributed by atoms with van der Waals surface area (Å²) < 4.78 is 4.77. The van der Waals surface area contributed by atoms with E-state index < -0.39 is 0 Å². The van der Waals surface area contributed by atoms with Gasteiger partial charge in [0.15, 0.2) is 0 Å². The number of nitrogens with zero attached hydrogens (tertiary/aromatic N) is 1. The van der Waals surface area contributed by atoms with Crippen molar-refractivity contribution in [1.82, 2.24) is 4.90 Å². The summed E-state index contributed by atoms with van der Waals surface area (Å²) in [5.41, 5.74) is 5.16. The predicted molar refractivity (Wildman–Crippen MR) is 78.2 cm³/mol. The average Bonchev–Trinajstić information content (AvgIpc) is 2.31. The van der Waals surface area contributed by atoms with E-state index >= 15 is 0 Å². The Morgan fingerprint density at radius 3 is 2.16 bits per heavy atom. The van der Waals surface area contributed by atoms with Crippen molar-refractivity contribution in [2.45, 2.75) is 47.2 Å². The second-order valence-corrected chi connectivity index (χ2v) is 5.45. The van der Waals surface area contributed by atoms with Gasteiger partial charge in [0, 0.05) is 12.6 Å². The molecule has 0 N–H and O–H groups in total. The number of aryl methyl sites for hydroxylation is 3. The Labute approximate surface area is 116 Å². The van der Waals surface area contributed by atoms with Gasteiger partial charge in [-0.2, -0.15) is 0 Å². The molecule has 3 heteroatoms. The van der Waals surface area contributed by atoms with Crippen LogP contribution in [0.25, 0.3) is 0 Å². The first kappa shape index (κ1) is 15.7. The molecular weight excluding hydrogens is 238 g/mol. The summed E-state index contributed by atoms with van der Waals surface area (Å²) in [6.07, 6.45) is 0. The number of hydrogen-bond donors (Lipinski definition) is 0. The standard InChI is InChI=1S/C16H25NO2/c1-11(2)17(10-16(18)19-6)9-15-13(4)7-12(3)8-14(15)5/h7-8,11H,9-10H2,1-6H3. The summed E-state index contributed by atoms with van der Waals surface area (Å²) >= 11 is 0. The van der Waals surface area contributed by atoms with Gasteiger partial charge in [-0.3, -0.25) is 9.69 Å². The van der Waals surface area contributed by atoms with E-state index in [-0.39, 0.29) is 5.97 Å². The van der Waals surface area contributed by atoms with Gasteiger partial charge in [-0.1, -0.05) is 17.7 Å². The molecule has 1 aromatic rings. The van der Waals surface area contributed by atoms with Crippen LogP contribution in [0, 0.1) is 20.8 Å². The van der Waals surface area contributed by atoms with Gasteiger partial charge in [0.25, 0.3) is 0 Å². The number of rotatable bonds is 5. The van der Waals surface area contributed by atoms with Gasteiger partial charge < -0.3 is 4.74 Å². The minimum absolute atomic E-state index is 0.184. The molecule has 0 saturated carbocycles. The molecule has 0 atom stereocenters. The van der Waals surface area contributed by atoms with Gasteiger partial charge in [0.2, 0.25) is 0 Å². The molecule has 0 aliphatic rings. The molecular formula is C16H25NO2. The van der Waals surface area contributed by atoms with Gasteiger partial charge in [-0.25, -0.2) is 0 Å². The van der Waals surface area contributed by atoms with Crippen LogP contribution in [0.3, 0.4) is 0 Å². The molecule has 106 valence electrons. The van der Waals surface area contributed by atoms with E-state index in [1.54, 1.807) is 0 Å². The SMILES string of the molecule is COC(=O)CN(Cc1c(C)cc(C)cc1C)C(C)C. The second-order valence-electron chi connectivity index (χ2n) is 5.45. The number of carbonyl (C=O) groups is 1. The van der Waals surface area contributed by atoms with Crippen LogP contribution in [0.4, 0.5) is 0 Å². The van der Waals surface area contributed by atoms with Crippen molar-refractivity contribution in [3.63, 3.8) is 0 Å². The van der Waals surface area contributed by atoms with E-state index in [4.69, 9.17) is 4.74 Å². The number of ether oxygens (including phenoxy) is 1. The van der Waals surface area contributed by atoms with Gasteiger partial charge in [-0.05, 0) is 51.3 Å². The first-order valence-corrected chi connectivity index (χ1v) is 6.72. The Kier molecular flexibility index (Phi) is 5.55. The summed E-state index contributed by atoms with van der Waals surface area (Å²) in [5.74, 6) is -0.184. The molecule has 19 heavy (non-hydrogen) atoms. The van der Waals surface area contributed by atoms with Crippen LogP contribution in [0.1, 0.15) is 36.1 Å². The van der Waals surface area contributed by atoms with Crippen LogP contribution in [-0.2, 0) is 16.1 Å². The topological polar surface area (TPSA) is 29.5 Å². The maximum absolute atomic E-state index is 11.5. The number of esters is 1. The van der Waals surface area contributed by atoms with Crippen LogP contribution in [-0.4, -0.2) is 30.6 Å². The fourth-order valence-corrected chi connectivity index (χ4v) is 2.31. The lowest BCUT2D eigenvalue weighted by atomic mass is 9.99. The Morgan fingerprint density at radius 1 is 1.21 bits per heavy atom. The van der Waals surface area contributed by atoms with Crippen LogP contribution >= 0.6 is 0 Å². The van der Waals surface area contributed by atoms with Crippen LogP contribution in [0.5, 0.6) is 0 Å². The summed E-state index contributed by atoms with van der Waals surface area (Å²) in [7, 11) is 1.43. The molecule has 0 saturated heterocycles. The van der Waals surface area contributed by atoms with Crippen molar-refractivity contribution in [2.75, 3.05) is 13.7 Å². The molecule has 0 bridgehead atoms. The smallest absolute Gasteiger partial charge is 0.319 e. The normalized spacial score (nSPS) is 11.2. The zero-order chi connectivity index (χ0) is 14.6. The predicted octanol–water partition coefficient (Wildman–Crippen LogP) is 3.00. The number of methoxy groups -OCH3 is 1. The quantitative estimate of drug-likeness (QED) is 0.765. The molecule has 1 aromatic carbocycles. The highest BCUT2D eigenvalue weighted by Crippen LogP contribution is 2.19. The molecule has 0 radical (unpaired) electrons. The summed E-state index contributed by atoms with van der Waals surface area (Å²) in [5, 5.41) is 0. The maximum Gasteiger partial charge on any atom is 0.319 e. The fraction of sp³-hybridized carbons (Fsp3) is 0.562. The Balaban J connectivity index is 2.94. The van der Waals surface area contributed by atoms with E-state index in [2.05, 4.69) is 51.7 Å². The molecule has 1 rings (SSSR count). The van der Waals surface area contributed by atoms with E-state index in [1.165, 1.54) is 29.4 Å². The third-order valence-corrected chi connectivity index (χ3v) is 3.49. The van der Waals surface area contributed by atoms with Crippen molar-refractivity contribution < 1.29 is 9.53 Å². The zero-order valence-electron chi connectivity index (χ0n) is 12.9. The molecule has 3 nitrogen and oxygen atoms in total. The Hall–Kier alpha value is -1.35. The highest BCUT2D eigenvalue weighted by molar-refractivity contribution is 5.71. The summed E-state index contributed by atoms with van der Waals surface area (Å²) in [4.78, 5) is 13.6. The molecule has 0 aliphatic heterocycles. The first-order valence-electron chi connectivity index (χ1n) is 6.72. The van der Waals surface area contributed by atoms with E-state index in [0.717, 1.165) is 6.54 Å². The lowest BCUT2D eigenvalue weighted by molar-refractivity contribution is -0.142. The second kappa shape index (κ2) is 6.71. The van der Waals surface area contributed by atoms with Crippen LogP contribution in [0.15, 0.2) is 12.1 Å². The zero-order valence-corrected chi connectivity index (χ0v) is 12.9. The summed E-state index contributed by atoms with van der Waals surface area (Å²) in [6.45, 7) is 11.7. The van der Waals surface area contributed by atoms with Crippen molar-refractivity contribution in [1.29, 1.82) is 0 Å². The van der Waals surface area contributed by atoms with Gasteiger partial charge in [-0.15, -0.1) is 0 Å². The third-order valence-electron chi connectivity index (χ3n) is 3.49. The molecule has 0 aromatic heterocycles. The van der Waals surface area contributed by atoms with E-state index in [9.17, 15) is 4.79 Å². The number of carbonyl (C=O) groups excluding carboxylic acids is 1. The fourth-order valence-electron chi connectivity index (χ4n) is 2.31. The van der Waals surface area contributed by atoms with Gasteiger partial charge in [0.05, 0.1) is 13.7 Å². The van der Waals surface area contributed by atoms with Crippen molar-refractivity contribution in [3.8, 4) is 0 Å². The number of hydrogen-bond acceptors (Lipinski definition) is 3. The average molecular weight is 263 g/mol. The maximum atomic E-state index is 11.5. The minimum atomic E-state index is -0.184. The molecule has 0 spiro atoms. The van der Waals surface area contributed by atoms with E-state index in [0.29, 0.717) is 12.6 Å². The monoisotopic (exact) mass is 263 g/mol. The highest BCUT2D eigenvalue weighted by Gasteiger charge is 2.16.